The highest BCUT2D eigenvalue weighted by atomic mass is 19.1. The van der Waals surface area contributed by atoms with E-state index in [0.717, 1.165) is 12.8 Å². The third kappa shape index (κ3) is 3.01. The van der Waals surface area contributed by atoms with Crippen LogP contribution in [0.2, 0.25) is 0 Å². The predicted molar refractivity (Wildman–Crippen MR) is 80.5 cm³/mol. The first-order chi connectivity index (χ1) is 10.6. The number of morpholine rings is 1. The average molecular weight is 307 g/mol. The Morgan fingerprint density at radius 1 is 1.36 bits per heavy atom. The van der Waals surface area contributed by atoms with E-state index < -0.39 is 5.82 Å². The van der Waals surface area contributed by atoms with Gasteiger partial charge in [0.15, 0.2) is 11.6 Å². The number of hydrogen-bond donors (Lipinski definition) is 0. The molecular formula is C17H22FNO3. The molecule has 3 rings (SSSR count). The Labute approximate surface area is 130 Å². The second kappa shape index (κ2) is 6.34. The van der Waals surface area contributed by atoms with Crippen LogP contribution in [0, 0.1) is 11.7 Å². The van der Waals surface area contributed by atoms with E-state index in [1.165, 1.54) is 13.2 Å². The van der Waals surface area contributed by atoms with Crippen molar-refractivity contribution in [3.05, 3.63) is 29.6 Å². The molecule has 0 spiro atoms. The van der Waals surface area contributed by atoms with Crippen LogP contribution in [0.15, 0.2) is 18.2 Å². The molecule has 1 aromatic carbocycles. The summed E-state index contributed by atoms with van der Waals surface area (Å²) >= 11 is 0. The fourth-order valence-electron chi connectivity index (χ4n) is 3.52. The van der Waals surface area contributed by atoms with Crippen LogP contribution in [-0.4, -0.2) is 50.1 Å². The molecule has 0 N–H and O–H groups in total. The van der Waals surface area contributed by atoms with Gasteiger partial charge in [-0.25, -0.2) is 4.39 Å². The molecule has 0 saturated carbocycles. The fourth-order valence-corrected chi connectivity index (χ4v) is 3.52. The van der Waals surface area contributed by atoms with Crippen molar-refractivity contribution in [1.29, 1.82) is 0 Å². The first-order valence-corrected chi connectivity index (χ1v) is 7.73. The topological polar surface area (TPSA) is 38.8 Å². The zero-order chi connectivity index (χ0) is 15.7. The highest BCUT2D eigenvalue weighted by Crippen LogP contribution is 2.31. The number of benzene rings is 1. The van der Waals surface area contributed by atoms with Crippen molar-refractivity contribution in [3.63, 3.8) is 0 Å². The summed E-state index contributed by atoms with van der Waals surface area (Å²) in [5, 5.41) is 0. The number of methoxy groups -OCH3 is 1. The Morgan fingerprint density at radius 3 is 2.64 bits per heavy atom. The molecular weight excluding hydrogens is 285 g/mol. The fraction of sp³-hybridized carbons (Fsp3) is 0.588. The largest absolute Gasteiger partial charge is 0.494 e. The molecule has 0 aliphatic carbocycles. The maximum Gasteiger partial charge on any atom is 0.165 e. The van der Waals surface area contributed by atoms with Crippen LogP contribution in [0.5, 0.6) is 5.75 Å². The molecule has 22 heavy (non-hydrogen) atoms. The number of halogens is 1. The SMILES string of the molecule is COc1ccc(CC(=O)C2CC3COCC(C2)N3C)cc1F. The molecule has 5 heteroatoms. The van der Waals surface area contributed by atoms with Gasteiger partial charge >= 0.3 is 0 Å². The molecule has 2 fully saturated rings. The lowest BCUT2D eigenvalue weighted by Gasteiger charge is -2.46. The van der Waals surface area contributed by atoms with Gasteiger partial charge < -0.3 is 9.47 Å². The maximum absolute atomic E-state index is 13.7. The van der Waals surface area contributed by atoms with Crippen molar-refractivity contribution < 1.29 is 18.7 Å². The Bertz CT molecular complexity index is 549. The molecule has 4 nitrogen and oxygen atoms in total. The number of carbonyl (C=O) groups excluding carboxylic acids is 1. The standard InChI is InChI=1S/C17H22FNO3/c1-19-13-7-12(8-14(19)10-22-9-13)16(20)6-11-3-4-17(21-2)15(18)5-11/h3-5,12-14H,6-10H2,1-2H3. The number of likely N-dealkylation sites (N-methyl/N-ethyl adjacent to an activating group) is 1. The number of Topliss-reactive ketones (excluding diaryl/α,β-unsaturated/α-hetero) is 1. The molecule has 2 bridgehead atoms. The minimum atomic E-state index is -0.415. The summed E-state index contributed by atoms with van der Waals surface area (Å²) in [4.78, 5) is 14.9. The minimum absolute atomic E-state index is 0.0558. The van der Waals surface area contributed by atoms with Gasteiger partial charge in [-0.15, -0.1) is 0 Å². The monoisotopic (exact) mass is 307 g/mol. The van der Waals surface area contributed by atoms with Crippen molar-refractivity contribution in [2.45, 2.75) is 31.3 Å². The Hall–Kier alpha value is -1.46. The zero-order valence-electron chi connectivity index (χ0n) is 13.0. The Balaban J connectivity index is 1.66. The van der Waals surface area contributed by atoms with Gasteiger partial charge in [-0.2, -0.15) is 0 Å². The predicted octanol–water partition coefficient (Wildman–Crippen LogP) is 2.06. The van der Waals surface area contributed by atoms with E-state index in [2.05, 4.69) is 11.9 Å². The van der Waals surface area contributed by atoms with Crippen molar-refractivity contribution in [2.24, 2.45) is 5.92 Å². The number of ketones is 1. The molecule has 2 saturated heterocycles. The van der Waals surface area contributed by atoms with E-state index in [1.54, 1.807) is 12.1 Å². The molecule has 1 aromatic rings. The van der Waals surface area contributed by atoms with E-state index in [1.807, 2.05) is 0 Å². The van der Waals surface area contributed by atoms with Crippen molar-refractivity contribution in [1.82, 2.24) is 4.90 Å². The molecule has 0 amide bonds. The second-order valence-corrected chi connectivity index (χ2v) is 6.29. The second-order valence-electron chi connectivity index (χ2n) is 6.29. The van der Waals surface area contributed by atoms with Gasteiger partial charge in [0.05, 0.1) is 20.3 Å². The zero-order valence-corrected chi connectivity index (χ0v) is 13.0. The molecule has 120 valence electrons. The van der Waals surface area contributed by atoms with Gasteiger partial charge in [0.25, 0.3) is 0 Å². The smallest absolute Gasteiger partial charge is 0.165 e. The van der Waals surface area contributed by atoms with Crippen LogP contribution in [0.3, 0.4) is 0 Å². The normalized spacial score (nSPS) is 28.4. The van der Waals surface area contributed by atoms with Crippen LogP contribution >= 0.6 is 0 Å². The number of carbonyl (C=O) groups is 1. The summed E-state index contributed by atoms with van der Waals surface area (Å²) in [6.45, 7) is 1.40. The van der Waals surface area contributed by atoms with Gasteiger partial charge in [0.1, 0.15) is 5.78 Å². The number of rotatable bonds is 4. The number of ether oxygens (including phenoxy) is 2. The Kier molecular flexibility index (Phi) is 4.45. The van der Waals surface area contributed by atoms with Crippen LogP contribution in [0.1, 0.15) is 18.4 Å². The third-order valence-corrected chi connectivity index (χ3v) is 4.94. The lowest BCUT2D eigenvalue weighted by Crippen LogP contribution is -2.55. The number of piperidine rings is 1. The number of nitrogens with zero attached hydrogens (tertiary/aromatic N) is 1. The lowest BCUT2D eigenvalue weighted by atomic mass is 9.81. The lowest BCUT2D eigenvalue weighted by molar-refractivity contribution is -0.130. The average Bonchev–Trinajstić information content (AvgIpc) is 2.47. The molecule has 0 radical (unpaired) electrons. The van der Waals surface area contributed by atoms with Crippen molar-refractivity contribution in [2.75, 3.05) is 27.4 Å². The summed E-state index contributed by atoms with van der Waals surface area (Å²) in [6.07, 6.45) is 1.96. The summed E-state index contributed by atoms with van der Waals surface area (Å²) < 4.78 is 24.2. The molecule has 2 aliphatic rings. The van der Waals surface area contributed by atoms with Gasteiger partial charge in [0.2, 0.25) is 0 Å². The van der Waals surface area contributed by atoms with Crippen molar-refractivity contribution >= 4 is 5.78 Å². The van der Waals surface area contributed by atoms with Crippen LogP contribution in [0.25, 0.3) is 0 Å². The van der Waals surface area contributed by atoms with Crippen LogP contribution < -0.4 is 4.74 Å². The van der Waals surface area contributed by atoms with Gasteiger partial charge in [-0.1, -0.05) is 6.07 Å². The van der Waals surface area contributed by atoms with Gasteiger partial charge in [-0.3, -0.25) is 9.69 Å². The van der Waals surface area contributed by atoms with Crippen LogP contribution in [0.4, 0.5) is 4.39 Å². The minimum Gasteiger partial charge on any atom is -0.494 e. The van der Waals surface area contributed by atoms with Gasteiger partial charge in [0, 0.05) is 24.4 Å². The summed E-state index contributed by atoms with van der Waals surface area (Å²) in [5.41, 5.74) is 0.712. The van der Waals surface area contributed by atoms with E-state index in [-0.39, 0.29) is 23.9 Å². The molecule has 2 aliphatic heterocycles. The number of hydrogen-bond acceptors (Lipinski definition) is 4. The Morgan fingerprint density at radius 2 is 2.05 bits per heavy atom. The molecule has 0 aromatic heterocycles. The van der Waals surface area contributed by atoms with E-state index in [9.17, 15) is 9.18 Å². The third-order valence-electron chi connectivity index (χ3n) is 4.94. The highest BCUT2D eigenvalue weighted by Gasteiger charge is 2.39. The van der Waals surface area contributed by atoms with Crippen LogP contribution in [-0.2, 0) is 16.0 Å². The molecule has 2 atom stereocenters. The van der Waals surface area contributed by atoms with E-state index in [0.29, 0.717) is 30.9 Å². The molecule has 2 unspecified atom stereocenters. The van der Waals surface area contributed by atoms with E-state index >= 15 is 0 Å². The quantitative estimate of drug-likeness (QED) is 0.853. The highest BCUT2D eigenvalue weighted by molar-refractivity contribution is 5.83. The van der Waals surface area contributed by atoms with Crippen molar-refractivity contribution in [3.8, 4) is 5.75 Å². The first-order valence-electron chi connectivity index (χ1n) is 7.73. The first kappa shape index (κ1) is 15.4. The summed E-state index contributed by atoms with van der Waals surface area (Å²) in [6, 6.07) is 5.40. The van der Waals surface area contributed by atoms with E-state index in [4.69, 9.17) is 9.47 Å². The maximum atomic E-state index is 13.7. The van der Waals surface area contributed by atoms with Gasteiger partial charge in [-0.05, 0) is 37.6 Å². The summed E-state index contributed by atoms with van der Waals surface area (Å²) in [5.74, 6) is 0.0541. The number of fused-ring (bicyclic) bond motifs is 2. The summed E-state index contributed by atoms with van der Waals surface area (Å²) in [7, 11) is 3.54. The molecule has 2 heterocycles.